The quantitative estimate of drug-likeness (QED) is 0.515. The Morgan fingerprint density at radius 3 is 2.87 bits per heavy atom. The van der Waals surface area contributed by atoms with E-state index in [2.05, 4.69) is 9.97 Å². The summed E-state index contributed by atoms with van der Waals surface area (Å²) in [4.78, 5) is 9.59. The topological polar surface area (TPSA) is 67.6 Å². The van der Waals surface area contributed by atoms with Gasteiger partial charge in [-0.2, -0.15) is 0 Å². The van der Waals surface area contributed by atoms with Gasteiger partial charge in [0.05, 0.1) is 16.3 Å². The van der Waals surface area contributed by atoms with Crippen molar-refractivity contribution in [3.05, 3.63) is 44.6 Å². The van der Waals surface area contributed by atoms with Crippen LogP contribution in [0.15, 0.2) is 24.7 Å². The Bertz CT molecular complexity index is 1130. The fourth-order valence-corrected chi connectivity index (χ4v) is 6.27. The molecule has 0 aliphatic carbocycles. The van der Waals surface area contributed by atoms with Crippen LogP contribution in [0.3, 0.4) is 0 Å². The van der Waals surface area contributed by atoms with E-state index in [1.165, 1.54) is 11.9 Å². The average molecular weight is 468 g/mol. The van der Waals surface area contributed by atoms with Crippen LogP contribution in [0.2, 0.25) is 9.49 Å². The van der Waals surface area contributed by atoms with Crippen LogP contribution in [0.4, 0.5) is 0 Å². The standard InChI is InChI=1S/C20H19Cl2N3O4S/c1-20(2)28-13-12(14-16-9(4-6-26-14)7-11(21)30-16)27-19(15(13)29-20)25-5-3-10-17(22)23-8-24-18(10)25/h3,5,7-8,12-15,19H,4,6H2,1-2H3/t12-,13+,14?,15+,19+/m0/s1. The van der Waals surface area contributed by atoms with Crippen LogP contribution in [-0.2, 0) is 25.4 Å². The molecule has 30 heavy (non-hydrogen) atoms. The Hall–Kier alpha value is -1.26. The molecule has 0 saturated carbocycles. The molecule has 6 rings (SSSR count). The summed E-state index contributed by atoms with van der Waals surface area (Å²) in [5.74, 6) is -0.726. The van der Waals surface area contributed by atoms with E-state index >= 15 is 0 Å². The minimum atomic E-state index is -0.726. The summed E-state index contributed by atoms with van der Waals surface area (Å²) in [7, 11) is 0. The second kappa shape index (κ2) is 6.87. The van der Waals surface area contributed by atoms with Crippen LogP contribution in [0.1, 0.15) is 36.6 Å². The predicted octanol–water partition coefficient (Wildman–Crippen LogP) is 4.53. The number of rotatable bonds is 2. The van der Waals surface area contributed by atoms with Crippen molar-refractivity contribution in [3.63, 3.8) is 0 Å². The minimum absolute atomic E-state index is 0.263. The summed E-state index contributed by atoms with van der Waals surface area (Å²) in [5.41, 5.74) is 1.91. The highest BCUT2D eigenvalue weighted by molar-refractivity contribution is 7.16. The van der Waals surface area contributed by atoms with Crippen molar-refractivity contribution in [1.29, 1.82) is 0 Å². The number of nitrogens with zero attached hydrogens (tertiary/aromatic N) is 3. The Labute approximate surface area is 186 Å². The first-order valence-corrected chi connectivity index (χ1v) is 11.4. The van der Waals surface area contributed by atoms with Crippen LogP contribution in [-0.4, -0.2) is 45.2 Å². The summed E-state index contributed by atoms with van der Waals surface area (Å²) in [6, 6.07) is 3.91. The minimum Gasteiger partial charge on any atom is -0.369 e. The van der Waals surface area contributed by atoms with Gasteiger partial charge in [0.25, 0.3) is 0 Å². The molecule has 6 heterocycles. The highest BCUT2D eigenvalue weighted by Gasteiger charge is 2.59. The molecule has 2 fully saturated rings. The Balaban J connectivity index is 1.42. The molecule has 0 amide bonds. The van der Waals surface area contributed by atoms with Crippen molar-refractivity contribution in [2.45, 2.75) is 56.7 Å². The Kier molecular flexibility index (Phi) is 4.45. The van der Waals surface area contributed by atoms with Gasteiger partial charge in [0, 0.05) is 11.1 Å². The Morgan fingerprint density at radius 1 is 1.17 bits per heavy atom. The van der Waals surface area contributed by atoms with Crippen molar-refractivity contribution in [3.8, 4) is 0 Å². The van der Waals surface area contributed by atoms with Crippen molar-refractivity contribution >= 4 is 45.6 Å². The zero-order valence-electron chi connectivity index (χ0n) is 16.2. The molecule has 10 heteroatoms. The van der Waals surface area contributed by atoms with Gasteiger partial charge in [-0.25, -0.2) is 9.97 Å². The summed E-state index contributed by atoms with van der Waals surface area (Å²) in [6.07, 6.45) is 2.54. The summed E-state index contributed by atoms with van der Waals surface area (Å²) in [5, 5.41) is 1.17. The lowest BCUT2D eigenvalue weighted by Gasteiger charge is -2.31. The molecule has 2 saturated heterocycles. The van der Waals surface area contributed by atoms with Gasteiger partial charge in [-0.05, 0) is 38.0 Å². The van der Waals surface area contributed by atoms with Crippen molar-refractivity contribution < 1.29 is 18.9 Å². The molecule has 3 aliphatic heterocycles. The van der Waals surface area contributed by atoms with E-state index in [9.17, 15) is 0 Å². The first-order chi connectivity index (χ1) is 14.4. The van der Waals surface area contributed by atoms with Gasteiger partial charge in [-0.15, -0.1) is 11.3 Å². The van der Waals surface area contributed by atoms with Crippen LogP contribution in [0.25, 0.3) is 11.0 Å². The smallest absolute Gasteiger partial charge is 0.164 e. The normalized spacial score (nSPS) is 32.5. The third kappa shape index (κ3) is 2.93. The molecule has 158 valence electrons. The fraction of sp³-hybridized carbons (Fsp3) is 0.500. The maximum Gasteiger partial charge on any atom is 0.164 e. The number of hydrogen-bond acceptors (Lipinski definition) is 7. The maximum absolute atomic E-state index is 6.57. The van der Waals surface area contributed by atoms with Gasteiger partial charge in [0.1, 0.15) is 41.5 Å². The van der Waals surface area contributed by atoms with E-state index in [0.717, 1.165) is 21.0 Å². The molecule has 3 aliphatic rings. The predicted molar refractivity (Wildman–Crippen MR) is 112 cm³/mol. The summed E-state index contributed by atoms with van der Waals surface area (Å²) >= 11 is 14.1. The molecule has 0 aromatic carbocycles. The van der Waals surface area contributed by atoms with E-state index in [4.69, 9.17) is 42.1 Å². The second-order valence-electron chi connectivity index (χ2n) is 8.16. The molecular weight excluding hydrogens is 449 g/mol. The third-order valence-electron chi connectivity index (χ3n) is 5.84. The number of hydrogen-bond donors (Lipinski definition) is 0. The second-order valence-corrected chi connectivity index (χ2v) is 10.2. The van der Waals surface area contributed by atoms with Gasteiger partial charge >= 0.3 is 0 Å². The first-order valence-electron chi connectivity index (χ1n) is 9.79. The highest BCUT2D eigenvalue weighted by Crippen LogP contribution is 2.50. The number of thiophene rings is 1. The number of halogens is 2. The van der Waals surface area contributed by atoms with Crippen LogP contribution >= 0.6 is 34.5 Å². The number of fused-ring (bicyclic) bond motifs is 3. The maximum atomic E-state index is 6.57. The van der Waals surface area contributed by atoms with Crippen LogP contribution in [0.5, 0.6) is 0 Å². The van der Waals surface area contributed by atoms with Gasteiger partial charge < -0.3 is 23.5 Å². The van der Waals surface area contributed by atoms with E-state index in [0.29, 0.717) is 17.4 Å². The van der Waals surface area contributed by atoms with Crippen molar-refractivity contribution in [1.82, 2.24) is 14.5 Å². The van der Waals surface area contributed by atoms with Crippen LogP contribution < -0.4 is 0 Å². The molecule has 0 N–H and O–H groups in total. The molecular formula is C20H19Cl2N3O4S. The molecule has 7 nitrogen and oxygen atoms in total. The third-order valence-corrected chi connectivity index (χ3v) is 7.51. The lowest BCUT2D eigenvalue weighted by atomic mass is 9.99. The zero-order valence-corrected chi connectivity index (χ0v) is 18.6. The molecule has 3 aromatic heterocycles. The van der Waals surface area contributed by atoms with Gasteiger partial charge in [0.2, 0.25) is 0 Å². The SMILES string of the molecule is CC1(C)O[C@@H]2[C@H](O1)[C@@H](C1OCCc3cc(Cl)sc31)O[C@H]2n1ccc2c(Cl)ncnc21. The molecule has 1 unspecified atom stereocenters. The molecule has 5 atom stereocenters. The summed E-state index contributed by atoms with van der Waals surface area (Å²) < 4.78 is 28.0. The van der Waals surface area contributed by atoms with E-state index in [-0.39, 0.29) is 24.4 Å². The van der Waals surface area contributed by atoms with Crippen molar-refractivity contribution in [2.24, 2.45) is 0 Å². The number of aromatic nitrogens is 3. The largest absolute Gasteiger partial charge is 0.369 e. The molecule has 0 spiro atoms. The lowest BCUT2D eigenvalue weighted by molar-refractivity contribution is -0.212. The molecule has 3 aromatic rings. The zero-order chi connectivity index (χ0) is 20.6. The van der Waals surface area contributed by atoms with Gasteiger partial charge in [0.15, 0.2) is 12.0 Å². The van der Waals surface area contributed by atoms with E-state index in [1.54, 1.807) is 11.3 Å². The number of ether oxygens (including phenoxy) is 4. The van der Waals surface area contributed by atoms with Crippen LogP contribution in [0, 0.1) is 0 Å². The fourth-order valence-electron chi connectivity index (χ4n) is 4.68. The van der Waals surface area contributed by atoms with E-state index < -0.39 is 12.0 Å². The molecule has 0 bridgehead atoms. The van der Waals surface area contributed by atoms with Gasteiger partial charge in [-0.1, -0.05) is 23.2 Å². The lowest BCUT2D eigenvalue weighted by Crippen LogP contribution is -2.36. The summed E-state index contributed by atoms with van der Waals surface area (Å²) in [6.45, 7) is 4.45. The monoisotopic (exact) mass is 467 g/mol. The highest BCUT2D eigenvalue weighted by atomic mass is 35.5. The average Bonchev–Trinajstić information content (AvgIpc) is 3.42. The first kappa shape index (κ1) is 19.4. The Morgan fingerprint density at radius 2 is 2.00 bits per heavy atom. The van der Waals surface area contributed by atoms with Gasteiger partial charge in [-0.3, -0.25) is 0 Å². The van der Waals surface area contributed by atoms with Crippen molar-refractivity contribution in [2.75, 3.05) is 6.61 Å². The van der Waals surface area contributed by atoms with E-state index in [1.807, 2.05) is 36.7 Å². The molecule has 0 radical (unpaired) electrons.